The summed E-state index contributed by atoms with van der Waals surface area (Å²) in [5.74, 6) is 0.658. The van der Waals surface area contributed by atoms with Crippen LogP contribution in [0.25, 0.3) is 11.6 Å². The van der Waals surface area contributed by atoms with E-state index < -0.39 is 17.2 Å². The summed E-state index contributed by atoms with van der Waals surface area (Å²) in [7, 11) is 0. The highest BCUT2D eigenvalue weighted by Gasteiger charge is 2.38. The number of hydrogen-bond donors (Lipinski definition) is 1. The average molecular weight is 615 g/mol. The van der Waals surface area contributed by atoms with Gasteiger partial charge in [0, 0.05) is 41.2 Å². The Labute approximate surface area is 261 Å². The largest absolute Gasteiger partial charge is 0.444 e. The maximum atomic E-state index is 14.0. The van der Waals surface area contributed by atoms with Crippen molar-refractivity contribution in [3.8, 4) is 11.6 Å². The Morgan fingerprint density at radius 1 is 1.07 bits per heavy atom. The molecule has 1 aliphatic carbocycles. The van der Waals surface area contributed by atoms with Crippen molar-refractivity contribution < 1.29 is 18.7 Å². The molecule has 6 rings (SSSR count). The third-order valence-electron chi connectivity index (χ3n) is 7.82. The number of benzene rings is 1. The smallest absolute Gasteiger partial charge is 0.408 e. The Bertz CT molecular complexity index is 1660. The van der Waals surface area contributed by atoms with Gasteiger partial charge in [0.1, 0.15) is 21.8 Å². The van der Waals surface area contributed by atoms with E-state index in [9.17, 15) is 9.59 Å². The molecule has 4 aromatic rings. The molecule has 0 bridgehead atoms. The number of aryl methyl sites for hydroxylation is 1. The third kappa shape index (κ3) is 6.67. The molecule has 0 radical (unpaired) electrons. The summed E-state index contributed by atoms with van der Waals surface area (Å²) in [5.41, 5.74) is 2.04. The number of pyridine rings is 1. The Kier molecular flexibility index (Phi) is 8.00. The molecule has 230 valence electrons. The van der Waals surface area contributed by atoms with E-state index in [0.29, 0.717) is 30.1 Å². The number of ether oxygens (including phenoxy) is 1. The molecule has 44 heavy (non-hydrogen) atoms. The lowest BCUT2D eigenvalue weighted by atomic mass is 9.92. The number of likely N-dealkylation sites (tertiary alicyclic amines) is 1. The molecule has 1 saturated heterocycles. The molecule has 2 amide bonds. The minimum atomic E-state index is -1.07. The van der Waals surface area contributed by atoms with Crippen LogP contribution >= 0.6 is 11.3 Å². The van der Waals surface area contributed by atoms with Crippen molar-refractivity contribution in [2.45, 2.75) is 89.8 Å². The minimum Gasteiger partial charge on any atom is -0.444 e. The van der Waals surface area contributed by atoms with Gasteiger partial charge in [0.2, 0.25) is 5.89 Å². The minimum absolute atomic E-state index is 0.0326. The van der Waals surface area contributed by atoms with E-state index in [-0.39, 0.29) is 23.7 Å². The quantitative estimate of drug-likeness (QED) is 0.232. The van der Waals surface area contributed by atoms with Gasteiger partial charge in [-0.1, -0.05) is 30.3 Å². The fraction of sp³-hybridized carbons (Fsp3) is 0.455. The van der Waals surface area contributed by atoms with Crippen LogP contribution in [0.4, 0.5) is 4.79 Å². The monoisotopic (exact) mass is 614 g/mol. The van der Waals surface area contributed by atoms with Crippen LogP contribution in [-0.4, -0.2) is 49.2 Å². The van der Waals surface area contributed by atoms with E-state index in [2.05, 4.69) is 20.5 Å². The number of rotatable bonds is 8. The van der Waals surface area contributed by atoms with E-state index in [1.165, 1.54) is 0 Å². The van der Waals surface area contributed by atoms with Gasteiger partial charge in [-0.05, 0) is 78.0 Å². The SMILES string of the molecule is Cc1csc(C2CCCN2C(=O)c2cc(-c3nnc(C(C)(Cc4ccccc4)NC(=O)OC(C)(C)C)o3)nc(C3CC3)c2)n1. The van der Waals surface area contributed by atoms with Crippen LogP contribution in [0, 0.1) is 6.92 Å². The highest BCUT2D eigenvalue weighted by molar-refractivity contribution is 7.09. The maximum absolute atomic E-state index is 14.0. The molecule has 11 heteroatoms. The Morgan fingerprint density at radius 2 is 1.84 bits per heavy atom. The molecule has 1 saturated carbocycles. The Morgan fingerprint density at radius 3 is 2.52 bits per heavy atom. The first-order chi connectivity index (χ1) is 21.0. The molecule has 1 aromatic carbocycles. The fourth-order valence-electron chi connectivity index (χ4n) is 5.59. The molecule has 1 aliphatic heterocycles. The van der Waals surface area contributed by atoms with E-state index in [0.717, 1.165) is 47.6 Å². The molecular weight excluding hydrogens is 576 g/mol. The first-order valence-electron chi connectivity index (χ1n) is 15.1. The number of nitrogens with zero attached hydrogens (tertiary/aromatic N) is 5. The zero-order chi connectivity index (χ0) is 31.1. The van der Waals surface area contributed by atoms with Gasteiger partial charge in [-0.25, -0.2) is 14.8 Å². The molecule has 4 heterocycles. The zero-order valence-corrected chi connectivity index (χ0v) is 26.6. The fourth-order valence-corrected chi connectivity index (χ4v) is 6.53. The standard InChI is InChI=1S/C33H38N6O4S/c1-20-19-44-28(34-20)26-12-9-15-39(26)29(40)23-16-24(22-13-14-22)35-25(17-23)27-37-38-30(42-27)33(5,18-21-10-7-6-8-11-21)36-31(41)43-32(2,3)4/h6-8,10-11,16-17,19,22,26H,9,12-15,18H2,1-5H3,(H,36,41). The average Bonchev–Trinajstić information content (AvgIpc) is 3.32. The van der Waals surface area contributed by atoms with Crippen LogP contribution in [-0.2, 0) is 16.7 Å². The molecular formula is C33H38N6O4S. The second-order valence-electron chi connectivity index (χ2n) is 13.0. The molecule has 2 fully saturated rings. The van der Waals surface area contributed by atoms with E-state index in [4.69, 9.17) is 14.1 Å². The number of hydrogen-bond acceptors (Lipinski definition) is 9. The Hall–Kier alpha value is -4.12. The molecule has 0 spiro atoms. The topological polar surface area (TPSA) is 123 Å². The number of alkyl carbamates (subject to hydrolysis) is 1. The van der Waals surface area contributed by atoms with Crippen molar-refractivity contribution in [1.82, 2.24) is 30.4 Å². The second-order valence-corrected chi connectivity index (χ2v) is 13.8. The van der Waals surface area contributed by atoms with Gasteiger partial charge in [0.25, 0.3) is 11.8 Å². The summed E-state index contributed by atoms with van der Waals surface area (Å²) in [4.78, 5) is 38.4. The number of nitrogens with one attached hydrogen (secondary N) is 1. The summed E-state index contributed by atoms with van der Waals surface area (Å²) in [6, 6.07) is 13.4. The molecule has 2 atom stereocenters. The van der Waals surface area contributed by atoms with Crippen molar-refractivity contribution in [3.05, 3.63) is 81.3 Å². The third-order valence-corrected chi connectivity index (χ3v) is 8.88. The molecule has 3 aromatic heterocycles. The predicted octanol–water partition coefficient (Wildman–Crippen LogP) is 6.73. The van der Waals surface area contributed by atoms with Crippen LogP contribution in [0.3, 0.4) is 0 Å². The lowest BCUT2D eigenvalue weighted by Crippen LogP contribution is -2.47. The van der Waals surface area contributed by atoms with Gasteiger partial charge >= 0.3 is 6.09 Å². The van der Waals surface area contributed by atoms with Gasteiger partial charge in [0.15, 0.2) is 0 Å². The van der Waals surface area contributed by atoms with Gasteiger partial charge in [-0.2, -0.15) is 0 Å². The Balaban J connectivity index is 1.32. The van der Waals surface area contributed by atoms with Gasteiger partial charge in [0.05, 0.1) is 6.04 Å². The molecule has 10 nitrogen and oxygen atoms in total. The van der Waals surface area contributed by atoms with E-state index in [1.54, 1.807) is 17.4 Å². The maximum Gasteiger partial charge on any atom is 0.408 e. The van der Waals surface area contributed by atoms with Crippen LogP contribution in [0.1, 0.15) is 104 Å². The number of thiazole rings is 1. The lowest BCUT2D eigenvalue weighted by molar-refractivity contribution is 0.0443. The lowest BCUT2D eigenvalue weighted by Gasteiger charge is -2.29. The molecule has 2 unspecified atom stereocenters. The summed E-state index contributed by atoms with van der Waals surface area (Å²) >= 11 is 1.60. The van der Waals surface area contributed by atoms with E-state index >= 15 is 0 Å². The summed E-state index contributed by atoms with van der Waals surface area (Å²) in [6.45, 7) is 9.92. The number of carbonyl (C=O) groups is 2. The van der Waals surface area contributed by atoms with Crippen LogP contribution < -0.4 is 5.32 Å². The highest BCUT2D eigenvalue weighted by Crippen LogP contribution is 2.41. The second kappa shape index (κ2) is 11.8. The van der Waals surface area contributed by atoms with Crippen molar-refractivity contribution in [3.63, 3.8) is 0 Å². The van der Waals surface area contributed by atoms with E-state index in [1.807, 2.05) is 81.3 Å². The van der Waals surface area contributed by atoms with Crippen LogP contribution in [0.5, 0.6) is 0 Å². The summed E-state index contributed by atoms with van der Waals surface area (Å²) in [5, 5.41) is 14.7. The highest BCUT2D eigenvalue weighted by atomic mass is 32.1. The van der Waals surface area contributed by atoms with Gasteiger partial charge < -0.3 is 19.4 Å². The molecule has 2 aliphatic rings. The van der Waals surface area contributed by atoms with Crippen molar-refractivity contribution in [2.75, 3.05) is 6.54 Å². The van der Waals surface area contributed by atoms with Crippen LogP contribution in [0.2, 0.25) is 0 Å². The number of carbonyl (C=O) groups excluding carboxylic acids is 2. The summed E-state index contributed by atoms with van der Waals surface area (Å²) in [6.07, 6.45) is 3.68. The normalized spacial score (nSPS) is 18.2. The first-order valence-corrected chi connectivity index (χ1v) is 16.0. The van der Waals surface area contributed by atoms with Crippen molar-refractivity contribution in [2.24, 2.45) is 0 Å². The van der Waals surface area contributed by atoms with Gasteiger partial charge in [-0.3, -0.25) is 4.79 Å². The van der Waals surface area contributed by atoms with Crippen LogP contribution in [0.15, 0.2) is 52.3 Å². The predicted molar refractivity (Wildman–Crippen MR) is 166 cm³/mol. The molecule has 1 N–H and O–H groups in total. The zero-order valence-electron chi connectivity index (χ0n) is 25.8. The van der Waals surface area contributed by atoms with Crippen molar-refractivity contribution >= 4 is 23.3 Å². The summed E-state index contributed by atoms with van der Waals surface area (Å²) < 4.78 is 11.8. The van der Waals surface area contributed by atoms with Gasteiger partial charge in [-0.15, -0.1) is 21.5 Å². The number of aromatic nitrogens is 4. The first kappa shape index (κ1) is 29.9. The van der Waals surface area contributed by atoms with Crippen molar-refractivity contribution in [1.29, 1.82) is 0 Å². The number of amides is 2.